The van der Waals surface area contributed by atoms with E-state index in [9.17, 15) is 4.79 Å². The van der Waals surface area contributed by atoms with Gasteiger partial charge in [-0.1, -0.05) is 27.2 Å². The molecule has 0 aliphatic carbocycles. The maximum Gasteiger partial charge on any atom is 0.320 e. The first-order valence-corrected chi connectivity index (χ1v) is 5.54. The fourth-order valence-corrected chi connectivity index (χ4v) is 1.90. The molecule has 2 atom stereocenters. The molecule has 1 fully saturated rings. The van der Waals surface area contributed by atoms with E-state index in [1.165, 1.54) is 0 Å². The number of hydrogen-bond acceptors (Lipinski definition) is 2. The molecule has 1 saturated heterocycles. The molecule has 1 aliphatic rings. The number of nitrogens with zero attached hydrogens (tertiary/aromatic N) is 1. The van der Waals surface area contributed by atoms with Gasteiger partial charge in [-0.25, -0.2) is 0 Å². The van der Waals surface area contributed by atoms with E-state index in [0.29, 0.717) is 5.92 Å². The fraction of sp³-hybridized carbons (Fsp3) is 0.909. The van der Waals surface area contributed by atoms with Crippen LogP contribution in [0.5, 0.6) is 0 Å². The normalized spacial score (nSPS) is 28.6. The summed E-state index contributed by atoms with van der Waals surface area (Å²) >= 11 is 0. The SMILES string of the molecule is CC.CC1CCCC(C(=O)O)N(C)C1. The molecule has 0 radical (unpaired) electrons. The molecular formula is C11H23NO2. The highest BCUT2D eigenvalue weighted by Crippen LogP contribution is 2.19. The Bertz CT molecular complexity index is 171. The maximum atomic E-state index is 10.8. The lowest BCUT2D eigenvalue weighted by molar-refractivity contribution is -0.142. The van der Waals surface area contributed by atoms with Crippen LogP contribution in [0.25, 0.3) is 0 Å². The maximum absolute atomic E-state index is 10.8. The second-order valence-electron chi connectivity index (χ2n) is 3.83. The second-order valence-corrected chi connectivity index (χ2v) is 3.83. The van der Waals surface area contributed by atoms with E-state index in [4.69, 9.17) is 5.11 Å². The van der Waals surface area contributed by atoms with Gasteiger partial charge in [0.1, 0.15) is 6.04 Å². The molecule has 3 nitrogen and oxygen atoms in total. The number of carbonyl (C=O) groups is 1. The lowest BCUT2D eigenvalue weighted by Crippen LogP contribution is -2.38. The summed E-state index contributed by atoms with van der Waals surface area (Å²) in [5.41, 5.74) is 0. The first kappa shape index (κ1) is 13.4. The van der Waals surface area contributed by atoms with Gasteiger partial charge in [-0.15, -0.1) is 0 Å². The Hall–Kier alpha value is -0.570. The van der Waals surface area contributed by atoms with Crippen LogP contribution in [0.2, 0.25) is 0 Å². The summed E-state index contributed by atoms with van der Waals surface area (Å²) < 4.78 is 0. The van der Waals surface area contributed by atoms with E-state index in [1.54, 1.807) is 0 Å². The number of rotatable bonds is 1. The van der Waals surface area contributed by atoms with Crippen molar-refractivity contribution in [1.29, 1.82) is 0 Å². The largest absolute Gasteiger partial charge is 0.480 e. The van der Waals surface area contributed by atoms with Crippen LogP contribution in [-0.2, 0) is 4.79 Å². The molecule has 1 heterocycles. The zero-order valence-corrected chi connectivity index (χ0v) is 9.79. The highest BCUT2D eigenvalue weighted by Gasteiger charge is 2.26. The van der Waals surface area contributed by atoms with Gasteiger partial charge in [0.05, 0.1) is 0 Å². The topological polar surface area (TPSA) is 40.5 Å². The van der Waals surface area contributed by atoms with E-state index in [2.05, 4.69) is 6.92 Å². The van der Waals surface area contributed by atoms with E-state index in [-0.39, 0.29) is 6.04 Å². The Labute approximate surface area is 87.1 Å². The summed E-state index contributed by atoms with van der Waals surface area (Å²) in [5, 5.41) is 8.88. The van der Waals surface area contributed by atoms with Crippen molar-refractivity contribution >= 4 is 5.97 Å². The molecule has 0 bridgehead atoms. The van der Waals surface area contributed by atoms with Gasteiger partial charge >= 0.3 is 5.97 Å². The molecule has 0 aromatic heterocycles. The van der Waals surface area contributed by atoms with Crippen LogP contribution < -0.4 is 0 Å². The number of carboxylic acids is 1. The van der Waals surface area contributed by atoms with Crippen molar-refractivity contribution in [3.8, 4) is 0 Å². The molecule has 0 spiro atoms. The molecule has 1 aliphatic heterocycles. The molecule has 14 heavy (non-hydrogen) atoms. The Morgan fingerprint density at radius 1 is 1.36 bits per heavy atom. The van der Waals surface area contributed by atoms with E-state index in [1.807, 2.05) is 25.8 Å². The number of likely N-dealkylation sites (N-methyl/N-ethyl adjacent to an activating group) is 1. The van der Waals surface area contributed by atoms with Gasteiger partial charge in [0.25, 0.3) is 0 Å². The van der Waals surface area contributed by atoms with Crippen molar-refractivity contribution in [1.82, 2.24) is 4.90 Å². The molecule has 0 saturated carbocycles. The quantitative estimate of drug-likeness (QED) is 0.707. The first-order chi connectivity index (χ1) is 6.61. The standard InChI is InChI=1S/C9H17NO2.C2H6/c1-7-4-3-5-8(9(11)12)10(2)6-7;1-2/h7-8H,3-6H2,1-2H3,(H,11,12);1-2H3. The number of likely N-dealkylation sites (tertiary alicyclic amines) is 1. The lowest BCUT2D eigenvalue weighted by atomic mass is 10.1. The minimum absolute atomic E-state index is 0.255. The third kappa shape index (κ3) is 4.09. The highest BCUT2D eigenvalue weighted by atomic mass is 16.4. The smallest absolute Gasteiger partial charge is 0.320 e. The minimum Gasteiger partial charge on any atom is -0.480 e. The average molecular weight is 201 g/mol. The highest BCUT2D eigenvalue weighted by molar-refractivity contribution is 5.73. The van der Waals surface area contributed by atoms with Crippen molar-refractivity contribution in [2.45, 2.75) is 46.1 Å². The zero-order valence-electron chi connectivity index (χ0n) is 9.79. The van der Waals surface area contributed by atoms with Crippen LogP contribution in [0.15, 0.2) is 0 Å². The second kappa shape index (κ2) is 6.82. The summed E-state index contributed by atoms with van der Waals surface area (Å²) in [5.74, 6) is -0.0362. The van der Waals surface area contributed by atoms with Crippen LogP contribution in [0.4, 0.5) is 0 Å². The predicted molar refractivity (Wildman–Crippen MR) is 58.4 cm³/mol. The fourth-order valence-electron chi connectivity index (χ4n) is 1.90. The molecule has 2 unspecified atom stereocenters. The molecule has 1 rings (SSSR count). The predicted octanol–water partition coefficient (Wildman–Crippen LogP) is 2.22. The summed E-state index contributed by atoms with van der Waals surface area (Å²) in [7, 11) is 1.90. The Kier molecular flexibility index (Phi) is 6.54. The summed E-state index contributed by atoms with van der Waals surface area (Å²) in [6.45, 7) is 7.09. The lowest BCUT2D eigenvalue weighted by Gasteiger charge is -2.22. The summed E-state index contributed by atoms with van der Waals surface area (Å²) in [6.07, 6.45) is 3.01. The van der Waals surface area contributed by atoms with Gasteiger partial charge in [0.15, 0.2) is 0 Å². The minimum atomic E-state index is -0.674. The first-order valence-electron chi connectivity index (χ1n) is 5.54. The molecule has 0 aromatic carbocycles. The van der Waals surface area contributed by atoms with Crippen LogP contribution >= 0.6 is 0 Å². The van der Waals surface area contributed by atoms with Crippen LogP contribution in [0.3, 0.4) is 0 Å². The molecule has 0 aromatic rings. The monoisotopic (exact) mass is 201 g/mol. The van der Waals surface area contributed by atoms with E-state index < -0.39 is 5.97 Å². The van der Waals surface area contributed by atoms with E-state index >= 15 is 0 Å². The zero-order chi connectivity index (χ0) is 11.1. The number of aliphatic carboxylic acids is 1. The molecular weight excluding hydrogens is 178 g/mol. The van der Waals surface area contributed by atoms with Gasteiger partial charge in [0.2, 0.25) is 0 Å². The van der Waals surface area contributed by atoms with Gasteiger partial charge in [-0.05, 0) is 25.8 Å². The third-order valence-corrected chi connectivity index (χ3v) is 2.59. The molecule has 1 N–H and O–H groups in total. The van der Waals surface area contributed by atoms with E-state index in [0.717, 1.165) is 25.8 Å². The molecule has 0 amide bonds. The van der Waals surface area contributed by atoms with Crippen molar-refractivity contribution in [3.63, 3.8) is 0 Å². The van der Waals surface area contributed by atoms with Crippen LogP contribution in [-0.4, -0.2) is 35.6 Å². The third-order valence-electron chi connectivity index (χ3n) is 2.59. The van der Waals surface area contributed by atoms with Gasteiger partial charge in [-0.3, -0.25) is 9.69 Å². The van der Waals surface area contributed by atoms with Crippen molar-refractivity contribution in [2.75, 3.05) is 13.6 Å². The van der Waals surface area contributed by atoms with Gasteiger partial charge in [0, 0.05) is 6.54 Å². The summed E-state index contributed by atoms with van der Waals surface area (Å²) in [6, 6.07) is -0.255. The summed E-state index contributed by atoms with van der Waals surface area (Å²) in [4.78, 5) is 12.7. The van der Waals surface area contributed by atoms with Gasteiger partial charge < -0.3 is 5.11 Å². The van der Waals surface area contributed by atoms with Crippen molar-refractivity contribution < 1.29 is 9.90 Å². The van der Waals surface area contributed by atoms with Crippen LogP contribution in [0, 0.1) is 5.92 Å². The Morgan fingerprint density at radius 2 is 1.93 bits per heavy atom. The van der Waals surface area contributed by atoms with Crippen LogP contribution in [0.1, 0.15) is 40.0 Å². The van der Waals surface area contributed by atoms with Gasteiger partial charge in [-0.2, -0.15) is 0 Å². The Morgan fingerprint density at radius 3 is 2.43 bits per heavy atom. The Balaban J connectivity index is 0.000000791. The number of carboxylic acid groups (broad SMARTS) is 1. The van der Waals surface area contributed by atoms with Crippen molar-refractivity contribution in [3.05, 3.63) is 0 Å². The molecule has 84 valence electrons. The average Bonchev–Trinajstić information content (AvgIpc) is 2.30. The number of hydrogen-bond donors (Lipinski definition) is 1. The molecule has 3 heteroatoms. The van der Waals surface area contributed by atoms with Crippen molar-refractivity contribution in [2.24, 2.45) is 5.92 Å².